The van der Waals surface area contributed by atoms with Gasteiger partial charge >= 0.3 is 0 Å². The summed E-state index contributed by atoms with van der Waals surface area (Å²) in [6, 6.07) is 9.02. The fraction of sp³-hybridized carbons (Fsp3) is 0.105. The minimum Gasteiger partial charge on any atom is -0.595 e. The van der Waals surface area contributed by atoms with Crippen LogP contribution >= 0.6 is 0 Å². The molecule has 0 aliphatic carbocycles. The number of quaternary nitrogens is 1. The second-order valence-electron chi connectivity index (χ2n) is 5.73. The average molecular weight is 416 g/mol. The maximum Gasteiger partial charge on any atom is 0.271 e. The van der Waals surface area contributed by atoms with Crippen molar-refractivity contribution in [1.82, 2.24) is 10.9 Å². The van der Waals surface area contributed by atoms with Crippen molar-refractivity contribution in [2.45, 2.75) is 0 Å². The van der Waals surface area contributed by atoms with Crippen molar-refractivity contribution in [3.63, 3.8) is 0 Å². The van der Waals surface area contributed by atoms with Crippen LogP contribution in [-0.2, 0) is 4.79 Å². The van der Waals surface area contributed by atoms with Crippen molar-refractivity contribution in [2.24, 2.45) is 5.10 Å². The first-order valence-corrected chi connectivity index (χ1v) is 8.44. The highest BCUT2D eigenvalue weighted by Crippen LogP contribution is 2.31. The maximum atomic E-state index is 12.3. The second kappa shape index (κ2) is 10.7. The van der Waals surface area contributed by atoms with E-state index in [1.54, 1.807) is 12.1 Å². The van der Waals surface area contributed by atoms with E-state index in [4.69, 9.17) is 14.7 Å². The van der Waals surface area contributed by atoms with Gasteiger partial charge in [0.2, 0.25) is 0 Å². The van der Waals surface area contributed by atoms with E-state index in [0.717, 1.165) is 6.08 Å². The Morgan fingerprint density at radius 2 is 1.87 bits per heavy atom. The minimum atomic E-state index is -1.20. The topological polar surface area (TPSA) is 157 Å². The highest BCUT2D eigenvalue weighted by molar-refractivity contribution is 5.96. The number of nitrogens with one attached hydrogen (secondary N) is 3. The van der Waals surface area contributed by atoms with Crippen molar-refractivity contribution in [2.75, 3.05) is 14.2 Å². The van der Waals surface area contributed by atoms with Gasteiger partial charge in [-0.1, -0.05) is 12.1 Å². The Labute approximate surface area is 171 Å². The predicted molar refractivity (Wildman–Crippen MR) is 106 cm³/mol. The molecule has 158 valence electrons. The zero-order valence-electron chi connectivity index (χ0n) is 16.1. The smallest absolute Gasteiger partial charge is 0.271 e. The molecule has 1 atom stereocenters. The first-order valence-electron chi connectivity index (χ1n) is 8.44. The number of amides is 2. The Hall–Kier alpha value is -3.77. The molecule has 0 spiro atoms. The molecule has 0 radical (unpaired) electrons. The van der Waals surface area contributed by atoms with Crippen molar-refractivity contribution < 1.29 is 34.7 Å². The van der Waals surface area contributed by atoms with Crippen molar-refractivity contribution >= 4 is 29.8 Å². The molecule has 2 aromatic carbocycles. The number of carbonyl (C=O) groups is 2. The fourth-order valence-corrected chi connectivity index (χ4v) is 2.40. The quantitative estimate of drug-likeness (QED) is 0.180. The van der Waals surface area contributed by atoms with E-state index in [2.05, 4.69) is 10.5 Å². The summed E-state index contributed by atoms with van der Waals surface area (Å²) in [4.78, 5) is 23.3. The molecule has 0 saturated carbocycles. The molecule has 11 nitrogen and oxygen atoms in total. The summed E-state index contributed by atoms with van der Waals surface area (Å²) in [5, 5.41) is 31.9. The summed E-state index contributed by atoms with van der Waals surface area (Å²) in [7, 11) is 2.80. The average Bonchev–Trinajstić information content (AvgIpc) is 2.76. The van der Waals surface area contributed by atoms with Crippen molar-refractivity contribution in [3.8, 4) is 11.5 Å². The second-order valence-corrected chi connectivity index (χ2v) is 5.73. The van der Waals surface area contributed by atoms with Gasteiger partial charge < -0.3 is 14.7 Å². The van der Waals surface area contributed by atoms with E-state index in [1.807, 2.05) is 0 Å². The standard InChI is InChI=1S/C19H20N4O7/c1-29-16-9-14(15(23(27)28)10-17(16)30-2)11-20-21-19(25)13-5-3-4-12(8-13)6-7-18(24)22-26/h3-11,23,26-27H,1-2H3,(H,21,25)(H,22,24)/b7-6+,20-11+. The third-order valence-corrected chi connectivity index (χ3v) is 3.84. The van der Waals surface area contributed by atoms with Gasteiger partial charge in [0.05, 0.1) is 26.0 Å². The Bertz CT molecular complexity index is 973. The van der Waals surface area contributed by atoms with Gasteiger partial charge in [-0.2, -0.15) is 10.3 Å². The zero-order valence-corrected chi connectivity index (χ0v) is 16.1. The number of carbonyl (C=O) groups excluding carboxylic acids is 2. The van der Waals surface area contributed by atoms with Crippen LogP contribution < -0.4 is 25.6 Å². The lowest BCUT2D eigenvalue weighted by molar-refractivity contribution is -0.991. The summed E-state index contributed by atoms with van der Waals surface area (Å²) >= 11 is 0. The Morgan fingerprint density at radius 1 is 1.17 bits per heavy atom. The summed E-state index contributed by atoms with van der Waals surface area (Å²) in [5.41, 5.74) is 4.68. The lowest BCUT2D eigenvalue weighted by atomic mass is 10.1. The summed E-state index contributed by atoms with van der Waals surface area (Å²) in [6.07, 6.45) is 3.69. The number of hydrazone groups is 1. The molecule has 0 fully saturated rings. The van der Waals surface area contributed by atoms with Crippen LogP contribution in [0.3, 0.4) is 0 Å². The summed E-state index contributed by atoms with van der Waals surface area (Å²) in [6.45, 7) is 0. The molecule has 0 saturated heterocycles. The maximum absolute atomic E-state index is 12.3. The lowest BCUT2D eigenvalue weighted by Crippen LogP contribution is -2.99. The van der Waals surface area contributed by atoms with Gasteiger partial charge in [-0.15, -0.1) is 0 Å². The van der Waals surface area contributed by atoms with Crippen LogP contribution in [0.5, 0.6) is 11.5 Å². The van der Waals surface area contributed by atoms with E-state index in [1.165, 1.54) is 56.3 Å². The van der Waals surface area contributed by atoms with Crippen LogP contribution in [0, 0.1) is 5.21 Å². The van der Waals surface area contributed by atoms with Gasteiger partial charge in [0.25, 0.3) is 11.8 Å². The Kier molecular flexibility index (Phi) is 8.02. The zero-order chi connectivity index (χ0) is 22.1. The molecule has 0 aromatic heterocycles. The monoisotopic (exact) mass is 416 g/mol. The lowest BCUT2D eigenvalue weighted by Gasteiger charge is -2.16. The van der Waals surface area contributed by atoms with Gasteiger partial charge in [-0.25, -0.2) is 16.1 Å². The predicted octanol–water partition coefficient (Wildman–Crippen LogP) is 0.390. The molecule has 1 unspecified atom stereocenters. The molecular weight excluding hydrogens is 396 g/mol. The molecule has 2 amide bonds. The van der Waals surface area contributed by atoms with Crippen LogP contribution in [0.4, 0.5) is 5.69 Å². The molecule has 2 aromatic rings. The number of benzene rings is 2. The van der Waals surface area contributed by atoms with Crippen LogP contribution in [0.2, 0.25) is 0 Å². The molecule has 5 N–H and O–H groups in total. The fourth-order valence-electron chi connectivity index (χ4n) is 2.40. The van der Waals surface area contributed by atoms with E-state index >= 15 is 0 Å². The van der Waals surface area contributed by atoms with Crippen LogP contribution in [0.1, 0.15) is 21.5 Å². The van der Waals surface area contributed by atoms with Crippen LogP contribution in [0.25, 0.3) is 6.08 Å². The van der Waals surface area contributed by atoms with Gasteiger partial charge in [-0.05, 0) is 29.8 Å². The molecule has 0 heterocycles. The molecule has 11 heteroatoms. The van der Waals surface area contributed by atoms with Crippen LogP contribution in [-0.4, -0.2) is 42.7 Å². The molecule has 0 aliphatic heterocycles. The minimum absolute atomic E-state index is 0.0834. The molecule has 0 bridgehead atoms. The Morgan fingerprint density at radius 3 is 2.50 bits per heavy atom. The van der Waals surface area contributed by atoms with Crippen molar-refractivity contribution in [1.29, 1.82) is 0 Å². The third kappa shape index (κ3) is 5.86. The van der Waals surface area contributed by atoms with Crippen molar-refractivity contribution in [3.05, 3.63) is 64.4 Å². The third-order valence-electron chi connectivity index (χ3n) is 3.84. The van der Waals surface area contributed by atoms with Gasteiger partial charge in [-0.3, -0.25) is 14.8 Å². The van der Waals surface area contributed by atoms with Gasteiger partial charge in [0.1, 0.15) is 0 Å². The number of rotatable bonds is 8. The van der Waals surface area contributed by atoms with E-state index in [-0.39, 0.29) is 22.6 Å². The van der Waals surface area contributed by atoms with Gasteiger partial charge in [0, 0.05) is 17.7 Å². The molecule has 30 heavy (non-hydrogen) atoms. The first kappa shape index (κ1) is 22.5. The molecule has 0 aliphatic rings. The van der Waals surface area contributed by atoms with Gasteiger partial charge in [0.15, 0.2) is 17.2 Å². The van der Waals surface area contributed by atoms with E-state index in [0.29, 0.717) is 11.3 Å². The normalized spacial score (nSPS) is 12.0. The largest absolute Gasteiger partial charge is 0.595 e. The highest BCUT2D eigenvalue weighted by Gasteiger charge is 2.15. The number of hydrogen-bond donors (Lipinski definition) is 5. The number of hydroxylamine groups is 1. The Balaban J connectivity index is 2.18. The van der Waals surface area contributed by atoms with E-state index in [9.17, 15) is 20.0 Å². The van der Waals surface area contributed by atoms with E-state index < -0.39 is 17.0 Å². The number of methoxy groups -OCH3 is 2. The number of ether oxygens (including phenoxy) is 2. The number of hydrogen-bond acceptors (Lipinski definition) is 8. The molecular formula is C19H20N4O7. The van der Waals surface area contributed by atoms with Crippen LogP contribution in [0.15, 0.2) is 47.6 Å². The summed E-state index contributed by atoms with van der Waals surface area (Å²) < 4.78 is 10.2. The number of nitrogens with zero attached hydrogens (tertiary/aromatic N) is 1. The highest BCUT2D eigenvalue weighted by atomic mass is 16.8. The molecule has 2 rings (SSSR count). The SMILES string of the molecule is COc1cc(/C=N/NC(=O)c2cccc(/C=C/C(=O)NO)c2)c([NH+]([O-])O)cc1OC. The first-order chi connectivity index (χ1) is 14.4. The summed E-state index contributed by atoms with van der Waals surface area (Å²) in [5.74, 6) is -0.707.